The standard InChI is InChI=1S/C18H27Cl2N5O4.ClH/c19-11(13-5-21-1-3-24-13)9-28-15-7-23-8-16(17(15)18(26)27)29-10-12(20)14-6-22-2-4-25-14;/h7-8,11-14,21-22,24-25H,1-6,9-10H2,(H,26,27);1H. The minimum absolute atomic E-state index is 0. The third kappa shape index (κ3) is 6.98. The Kier molecular flexibility index (Phi) is 10.7. The maximum Gasteiger partial charge on any atom is 0.343 e. The zero-order valence-electron chi connectivity index (χ0n) is 16.4. The highest BCUT2D eigenvalue weighted by Crippen LogP contribution is 2.28. The van der Waals surface area contributed by atoms with Crippen molar-refractivity contribution in [1.82, 2.24) is 26.3 Å². The van der Waals surface area contributed by atoms with Crippen molar-refractivity contribution in [3.05, 3.63) is 18.0 Å². The Morgan fingerprint density at radius 1 is 1.00 bits per heavy atom. The molecule has 2 aliphatic heterocycles. The molecular weight excluding hydrogens is 457 g/mol. The summed E-state index contributed by atoms with van der Waals surface area (Å²) < 4.78 is 11.4. The summed E-state index contributed by atoms with van der Waals surface area (Å²) in [5, 5.41) is 22.2. The fourth-order valence-electron chi connectivity index (χ4n) is 3.29. The Morgan fingerprint density at radius 3 is 1.83 bits per heavy atom. The second-order valence-corrected chi connectivity index (χ2v) is 8.12. The average Bonchev–Trinajstić information content (AvgIpc) is 2.76. The number of alkyl halides is 2. The fourth-order valence-corrected chi connectivity index (χ4v) is 3.77. The van der Waals surface area contributed by atoms with Gasteiger partial charge in [0.05, 0.1) is 23.1 Å². The summed E-state index contributed by atoms with van der Waals surface area (Å²) in [4.78, 5) is 15.9. The summed E-state index contributed by atoms with van der Waals surface area (Å²) in [6.07, 6.45) is 2.72. The van der Waals surface area contributed by atoms with Crippen LogP contribution in [0.1, 0.15) is 10.4 Å². The van der Waals surface area contributed by atoms with Crippen LogP contribution in [-0.4, -0.2) is 91.4 Å². The number of hydrogen-bond acceptors (Lipinski definition) is 8. The minimum Gasteiger partial charge on any atom is -0.489 e. The maximum atomic E-state index is 11.8. The molecule has 2 saturated heterocycles. The molecule has 2 aliphatic rings. The van der Waals surface area contributed by atoms with Gasteiger partial charge in [-0.1, -0.05) is 0 Å². The normalized spacial score (nSPS) is 23.7. The third-order valence-electron chi connectivity index (χ3n) is 4.90. The molecule has 12 heteroatoms. The number of carboxylic acids is 1. The molecule has 0 aromatic carbocycles. The van der Waals surface area contributed by atoms with Crippen molar-refractivity contribution >= 4 is 41.6 Å². The van der Waals surface area contributed by atoms with Crippen LogP contribution in [0.5, 0.6) is 11.5 Å². The van der Waals surface area contributed by atoms with Crippen molar-refractivity contribution < 1.29 is 19.4 Å². The van der Waals surface area contributed by atoms with Gasteiger partial charge in [0.25, 0.3) is 0 Å². The van der Waals surface area contributed by atoms with E-state index in [0.29, 0.717) is 0 Å². The monoisotopic (exact) mass is 483 g/mol. The molecule has 0 radical (unpaired) electrons. The van der Waals surface area contributed by atoms with Crippen LogP contribution in [0.25, 0.3) is 0 Å². The van der Waals surface area contributed by atoms with Crippen molar-refractivity contribution in [2.24, 2.45) is 0 Å². The first-order valence-electron chi connectivity index (χ1n) is 9.69. The summed E-state index contributed by atoms with van der Waals surface area (Å²) in [6, 6.07) is 0.0828. The summed E-state index contributed by atoms with van der Waals surface area (Å²) in [6.45, 7) is 5.17. The molecule has 1 aromatic heterocycles. The van der Waals surface area contributed by atoms with E-state index in [1.54, 1.807) is 0 Å². The summed E-state index contributed by atoms with van der Waals surface area (Å²) in [5.74, 6) is -0.925. The smallest absolute Gasteiger partial charge is 0.343 e. The predicted octanol–water partition coefficient (Wildman–Crippen LogP) is 0.297. The van der Waals surface area contributed by atoms with Crippen LogP contribution in [0.3, 0.4) is 0 Å². The highest BCUT2D eigenvalue weighted by atomic mass is 35.5. The molecule has 3 rings (SSSR count). The first-order valence-corrected chi connectivity index (χ1v) is 10.6. The zero-order chi connectivity index (χ0) is 20.6. The molecule has 4 atom stereocenters. The molecular formula is C18H28Cl3N5O4. The van der Waals surface area contributed by atoms with Gasteiger partial charge in [-0.15, -0.1) is 35.6 Å². The number of nitrogens with one attached hydrogen (secondary N) is 4. The number of pyridine rings is 1. The number of rotatable bonds is 9. The van der Waals surface area contributed by atoms with E-state index in [-0.39, 0.29) is 65.5 Å². The first kappa shape index (κ1) is 25.2. The van der Waals surface area contributed by atoms with Gasteiger partial charge < -0.3 is 35.8 Å². The molecule has 0 amide bonds. The van der Waals surface area contributed by atoms with E-state index < -0.39 is 5.97 Å². The highest BCUT2D eigenvalue weighted by molar-refractivity contribution is 6.21. The highest BCUT2D eigenvalue weighted by Gasteiger charge is 2.26. The Morgan fingerprint density at radius 2 is 1.47 bits per heavy atom. The zero-order valence-corrected chi connectivity index (χ0v) is 18.7. The molecule has 0 saturated carbocycles. The lowest BCUT2D eigenvalue weighted by atomic mass is 10.1. The van der Waals surface area contributed by atoms with Gasteiger partial charge in [0, 0.05) is 51.4 Å². The van der Waals surface area contributed by atoms with Gasteiger partial charge in [0.2, 0.25) is 0 Å². The van der Waals surface area contributed by atoms with E-state index >= 15 is 0 Å². The fraction of sp³-hybridized carbons (Fsp3) is 0.667. The minimum atomic E-state index is -1.16. The topological polar surface area (TPSA) is 117 Å². The van der Waals surface area contributed by atoms with Crippen LogP contribution >= 0.6 is 35.6 Å². The number of nitrogens with zero attached hydrogens (tertiary/aromatic N) is 1. The van der Waals surface area contributed by atoms with Gasteiger partial charge in [-0.05, 0) is 0 Å². The molecule has 0 bridgehead atoms. The van der Waals surface area contributed by atoms with E-state index in [4.69, 9.17) is 32.7 Å². The average molecular weight is 485 g/mol. The number of halogens is 3. The van der Waals surface area contributed by atoms with Gasteiger partial charge in [-0.2, -0.15) is 0 Å². The molecule has 5 N–H and O–H groups in total. The number of aromatic nitrogens is 1. The van der Waals surface area contributed by atoms with Gasteiger partial charge in [0.15, 0.2) is 11.5 Å². The second-order valence-electron chi connectivity index (χ2n) is 7.00. The second kappa shape index (κ2) is 12.7. The van der Waals surface area contributed by atoms with Crippen LogP contribution < -0.4 is 30.7 Å². The Labute approximate surface area is 192 Å². The Balaban J connectivity index is 0.00000320. The van der Waals surface area contributed by atoms with Crippen molar-refractivity contribution in [1.29, 1.82) is 0 Å². The molecule has 4 unspecified atom stereocenters. The number of hydrogen-bond donors (Lipinski definition) is 5. The molecule has 0 aliphatic carbocycles. The van der Waals surface area contributed by atoms with Crippen molar-refractivity contribution in [3.8, 4) is 11.5 Å². The molecule has 30 heavy (non-hydrogen) atoms. The predicted molar refractivity (Wildman–Crippen MR) is 118 cm³/mol. The third-order valence-corrected chi connectivity index (χ3v) is 5.76. The van der Waals surface area contributed by atoms with Crippen molar-refractivity contribution in [2.75, 3.05) is 52.5 Å². The van der Waals surface area contributed by atoms with E-state index in [9.17, 15) is 9.90 Å². The Bertz CT molecular complexity index is 629. The molecule has 9 nitrogen and oxygen atoms in total. The van der Waals surface area contributed by atoms with Crippen LogP contribution in [0, 0.1) is 0 Å². The van der Waals surface area contributed by atoms with Crippen LogP contribution in [0.2, 0.25) is 0 Å². The number of piperazine rings is 2. The van der Waals surface area contributed by atoms with Crippen molar-refractivity contribution in [3.63, 3.8) is 0 Å². The molecule has 2 fully saturated rings. The molecule has 0 spiro atoms. The number of aromatic carboxylic acids is 1. The van der Waals surface area contributed by atoms with E-state index in [0.717, 1.165) is 39.3 Å². The molecule has 1 aromatic rings. The van der Waals surface area contributed by atoms with Gasteiger partial charge >= 0.3 is 5.97 Å². The molecule has 3 heterocycles. The van der Waals surface area contributed by atoms with Gasteiger partial charge in [-0.3, -0.25) is 4.98 Å². The summed E-state index contributed by atoms with van der Waals surface area (Å²) >= 11 is 12.8. The lowest BCUT2D eigenvalue weighted by Gasteiger charge is -2.28. The van der Waals surface area contributed by atoms with Crippen LogP contribution in [-0.2, 0) is 0 Å². The van der Waals surface area contributed by atoms with E-state index in [2.05, 4.69) is 26.3 Å². The Hall–Kier alpha value is -1.07. The lowest BCUT2D eigenvalue weighted by molar-refractivity contribution is 0.0686. The van der Waals surface area contributed by atoms with E-state index in [1.807, 2.05) is 0 Å². The van der Waals surface area contributed by atoms with E-state index in [1.165, 1.54) is 12.4 Å². The summed E-state index contributed by atoms with van der Waals surface area (Å²) in [7, 11) is 0. The number of carboxylic acid groups (broad SMARTS) is 1. The van der Waals surface area contributed by atoms with Crippen LogP contribution in [0.15, 0.2) is 12.4 Å². The van der Waals surface area contributed by atoms with Gasteiger partial charge in [-0.25, -0.2) is 4.79 Å². The summed E-state index contributed by atoms with van der Waals surface area (Å²) in [5.41, 5.74) is -0.0859. The maximum absolute atomic E-state index is 11.8. The number of ether oxygens (including phenoxy) is 2. The van der Waals surface area contributed by atoms with Crippen molar-refractivity contribution in [2.45, 2.75) is 22.8 Å². The number of carbonyl (C=O) groups is 1. The lowest BCUT2D eigenvalue weighted by Crippen LogP contribution is -2.53. The molecule has 170 valence electrons. The first-order chi connectivity index (χ1) is 14.1. The van der Waals surface area contributed by atoms with Gasteiger partial charge in [0.1, 0.15) is 18.8 Å². The van der Waals surface area contributed by atoms with Crippen LogP contribution in [0.4, 0.5) is 0 Å². The quantitative estimate of drug-likeness (QED) is 0.315. The SMILES string of the molecule is Cl.O=C(O)c1c(OCC(Cl)C2CNCCN2)cncc1OCC(Cl)C1CNCCN1. The largest absolute Gasteiger partial charge is 0.489 e.